The fraction of sp³-hybridized carbons (Fsp3) is 0.600. The van der Waals surface area contributed by atoms with Crippen molar-refractivity contribution < 1.29 is 4.74 Å². The molecule has 3 nitrogen and oxygen atoms in total. The third-order valence-corrected chi connectivity index (χ3v) is 4.07. The van der Waals surface area contributed by atoms with Gasteiger partial charge in [-0.25, -0.2) is 0 Å². The van der Waals surface area contributed by atoms with Crippen molar-refractivity contribution in [2.24, 2.45) is 0 Å². The number of ether oxygens (including phenoxy) is 1. The predicted octanol–water partition coefficient (Wildman–Crippen LogP) is 3.34. The summed E-state index contributed by atoms with van der Waals surface area (Å²) in [4.78, 5) is 2.52. The van der Waals surface area contributed by atoms with E-state index in [1.165, 1.54) is 6.42 Å². The molecule has 0 aliphatic carbocycles. The van der Waals surface area contributed by atoms with E-state index in [4.69, 9.17) is 16.3 Å². The first-order valence-electron chi connectivity index (χ1n) is 7.02. The molecule has 1 unspecified atom stereocenters. The largest absolute Gasteiger partial charge is 0.496 e. The van der Waals surface area contributed by atoms with E-state index in [-0.39, 0.29) is 12.4 Å². The van der Waals surface area contributed by atoms with Crippen LogP contribution < -0.4 is 10.1 Å². The first-order valence-corrected chi connectivity index (χ1v) is 7.40. The summed E-state index contributed by atoms with van der Waals surface area (Å²) in [6.07, 6.45) is 2.37. The van der Waals surface area contributed by atoms with Gasteiger partial charge in [-0.2, -0.15) is 0 Å². The highest BCUT2D eigenvalue weighted by Gasteiger charge is 2.23. The molecule has 1 saturated heterocycles. The van der Waals surface area contributed by atoms with Gasteiger partial charge in [-0.3, -0.25) is 4.90 Å². The maximum Gasteiger partial charge on any atom is 0.124 e. The zero-order chi connectivity index (χ0) is 13.7. The lowest BCUT2D eigenvalue weighted by molar-refractivity contribution is 0.197. The summed E-state index contributed by atoms with van der Waals surface area (Å²) in [6.45, 7) is 6.38. The Bertz CT molecular complexity index is 409. The second-order valence-corrected chi connectivity index (χ2v) is 5.44. The summed E-state index contributed by atoms with van der Waals surface area (Å²) in [5.41, 5.74) is 1.10. The molecule has 1 N–H and O–H groups in total. The Balaban J connectivity index is 0.00000200. The summed E-state index contributed by atoms with van der Waals surface area (Å²) < 4.78 is 5.44. The number of methoxy groups -OCH3 is 1. The van der Waals surface area contributed by atoms with Gasteiger partial charge < -0.3 is 10.1 Å². The fourth-order valence-electron chi connectivity index (χ4n) is 2.72. The van der Waals surface area contributed by atoms with Crippen LogP contribution in [-0.4, -0.2) is 37.7 Å². The van der Waals surface area contributed by atoms with Gasteiger partial charge in [-0.05, 0) is 38.1 Å². The van der Waals surface area contributed by atoms with Gasteiger partial charge in [0.2, 0.25) is 0 Å². The zero-order valence-electron chi connectivity index (χ0n) is 12.2. The molecule has 0 bridgehead atoms. The molecule has 20 heavy (non-hydrogen) atoms. The third-order valence-electron chi connectivity index (χ3n) is 3.72. The van der Waals surface area contributed by atoms with Crippen LogP contribution in [0, 0.1) is 0 Å². The van der Waals surface area contributed by atoms with E-state index in [1.54, 1.807) is 7.11 Å². The van der Waals surface area contributed by atoms with Gasteiger partial charge in [0.05, 0.1) is 7.11 Å². The lowest BCUT2D eigenvalue weighted by atomic mass is 10.1. The van der Waals surface area contributed by atoms with Crippen molar-refractivity contribution in [3.8, 4) is 5.75 Å². The van der Waals surface area contributed by atoms with Crippen LogP contribution in [0.15, 0.2) is 18.2 Å². The van der Waals surface area contributed by atoms with Gasteiger partial charge in [0.1, 0.15) is 5.75 Å². The van der Waals surface area contributed by atoms with Gasteiger partial charge in [0.15, 0.2) is 0 Å². The van der Waals surface area contributed by atoms with Crippen LogP contribution in [0.4, 0.5) is 0 Å². The van der Waals surface area contributed by atoms with Crippen LogP contribution in [0.1, 0.15) is 25.3 Å². The van der Waals surface area contributed by atoms with E-state index in [1.807, 2.05) is 18.2 Å². The van der Waals surface area contributed by atoms with Gasteiger partial charge in [0, 0.05) is 29.7 Å². The molecular formula is C15H24Cl2N2O. The standard InChI is InChI=1S/C15H23ClN2O.ClH/c1-3-9-18(12-7-8-17-10-12)11-13-14(16)5-4-6-15(13)19-2;/h4-6,12,17H,3,7-11H2,1-2H3;1H. The molecule has 1 fully saturated rings. The summed E-state index contributed by atoms with van der Waals surface area (Å²) in [5.74, 6) is 0.888. The normalized spacial score (nSPS) is 18.1. The molecule has 1 aliphatic heterocycles. The van der Waals surface area contributed by atoms with Crippen LogP contribution in [0.25, 0.3) is 0 Å². The van der Waals surface area contributed by atoms with Crippen LogP contribution >= 0.6 is 24.0 Å². The Kier molecular flexibility index (Phi) is 7.67. The average Bonchev–Trinajstić information content (AvgIpc) is 2.94. The number of nitrogens with zero attached hydrogens (tertiary/aromatic N) is 1. The number of nitrogens with one attached hydrogen (secondary N) is 1. The highest BCUT2D eigenvalue weighted by atomic mass is 35.5. The molecule has 1 heterocycles. The predicted molar refractivity (Wildman–Crippen MR) is 87.2 cm³/mol. The van der Waals surface area contributed by atoms with Crippen molar-refractivity contribution in [1.82, 2.24) is 10.2 Å². The van der Waals surface area contributed by atoms with Crippen molar-refractivity contribution in [3.63, 3.8) is 0 Å². The van der Waals surface area contributed by atoms with E-state index in [0.29, 0.717) is 6.04 Å². The molecule has 0 aromatic heterocycles. The first-order chi connectivity index (χ1) is 9.26. The highest BCUT2D eigenvalue weighted by Crippen LogP contribution is 2.28. The quantitative estimate of drug-likeness (QED) is 0.870. The molecule has 1 aromatic rings. The van der Waals surface area contributed by atoms with Crippen LogP contribution in [0.2, 0.25) is 5.02 Å². The van der Waals surface area contributed by atoms with Gasteiger partial charge in [-0.15, -0.1) is 12.4 Å². The molecule has 1 atom stereocenters. The van der Waals surface area contributed by atoms with Gasteiger partial charge in [-0.1, -0.05) is 24.6 Å². The Hall–Kier alpha value is -0.480. The summed E-state index contributed by atoms with van der Waals surface area (Å²) >= 11 is 6.34. The van der Waals surface area contributed by atoms with Gasteiger partial charge in [0.25, 0.3) is 0 Å². The summed E-state index contributed by atoms with van der Waals surface area (Å²) in [6, 6.07) is 6.47. The maximum atomic E-state index is 6.34. The number of hydrogen-bond acceptors (Lipinski definition) is 3. The topological polar surface area (TPSA) is 24.5 Å². The maximum absolute atomic E-state index is 6.34. The van der Waals surface area contributed by atoms with Crippen LogP contribution in [-0.2, 0) is 6.54 Å². The highest BCUT2D eigenvalue weighted by molar-refractivity contribution is 6.31. The van der Waals surface area contributed by atoms with Crippen LogP contribution in [0.5, 0.6) is 5.75 Å². The number of rotatable bonds is 6. The Labute approximate surface area is 133 Å². The summed E-state index contributed by atoms with van der Waals surface area (Å²) in [7, 11) is 1.70. The minimum Gasteiger partial charge on any atom is -0.496 e. The minimum absolute atomic E-state index is 0. The van der Waals surface area contributed by atoms with E-state index in [2.05, 4.69) is 17.1 Å². The lowest BCUT2D eigenvalue weighted by Crippen LogP contribution is -2.37. The third kappa shape index (κ3) is 4.26. The van der Waals surface area contributed by atoms with Crippen molar-refractivity contribution in [2.45, 2.75) is 32.4 Å². The SMILES string of the molecule is CCCN(Cc1c(Cl)cccc1OC)C1CCNC1.Cl. The van der Waals surface area contributed by atoms with Crippen molar-refractivity contribution in [1.29, 1.82) is 0 Å². The number of halogens is 2. The molecule has 2 rings (SSSR count). The molecule has 0 spiro atoms. The Morgan fingerprint density at radius 3 is 2.85 bits per heavy atom. The van der Waals surface area contributed by atoms with E-state index in [9.17, 15) is 0 Å². The average molecular weight is 319 g/mol. The second kappa shape index (κ2) is 8.73. The molecule has 0 radical (unpaired) electrons. The van der Waals surface area contributed by atoms with Crippen molar-refractivity contribution in [2.75, 3.05) is 26.7 Å². The van der Waals surface area contributed by atoms with E-state index < -0.39 is 0 Å². The number of benzene rings is 1. The van der Waals surface area contributed by atoms with Crippen LogP contribution in [0.3, 0.4) is 0 Å². The zero-order valence-corrected chi connectivity index (χ0v) is 13.8. The molecule has 1 aliphatic rings. The van der Waals surface area contributed by atoms with Gasteiger partial charge >= 0.3 is 0 Å². The molecule has 0 amide bonds. The molecule has 1 aromatic carbocycles. The monoisotopic (exact) mass is 318 g/mol. The second-order valence-electron chi connectivity index (χ2n) is 5.04. The Morgan fingerprint density at radius 2 is 2.25 bits per heavy atom. The lowest BCUT2D eigenvalue weighted by Gasteiger charge is -2.29. The van der Waals surface area contributed by atoms with E-state index >= 15 is 0 Å². The summed E-state index contributed by atoms with van der Waals surface area (Å²) in [5, 5.41) is 4.23. The number of hydrogen-bond donors (Lipinski definition) is 1. The first kappa shape index (κ1) is 17.6. The Morgan fingerprint density at radius 1 is 1.45 bits per heavy atom. The van der Waals surface area contributed by atoms with E-state index in [0.717, 1.165) is 48.9 Å². The van der Waals surface area contributed by atoms with Crippen molar-refractivity contribution >= 4 is 24.0 Å². The minimum atomic E-state index is 0. The smallest absolute Gasteiger partial charge is 0.124 e. The fourth-order valence-corrected chi connectivity index (χ4v) is 2.94. The molecule has 0 saturated carbocycles. The van der Waals surface area contributed by atoms with Crippen molar-refractivity contribution in [3.05, 3.63) is 28.8 Å². The molecule has 114 valence electrons. The molecule has 5 heteroatoms. The molecular weight excluding hydrogens is 295 g/mol.